The molecule has 3 aliphatic rings. The monoisotopic (exact) mass is 721 g/mol. The highest BCUT2D eigenvalue weighted by Crippen LogP contribution is 2.61. The van der Waals surface area contributed by atoms with E-state index in [2.05, 4.69) is 44.0 Å². The molecule has 0 bridgehead atoms. The van der Waals surface area contributed by atoms with Gasteiger partial charge in [0.05, 0.1) is 17.8 Å². The summed E-state index contributed by atoms with van der Waals surface area (Å²) in [5.41, 5.74) is 1.33. The van der Waals surface area contributed by atoms with Crippen LogP contribution in [-0.4, -0.2) is 59.7 Å². The molecular weight excluding hydrogens is 675 g/mol. The molecule has 2 aromatic heterocycles. The first-order valence-corrected chi connectivity index (χ1v) is 20.8. The summed E-state index contributed by atoms with van der Waals surface area (Å²) in [4.78, 5) is 36.8. The number of Topliss-reactive ketones (excluding diaryl/α,β-unsaturated/α-hetero) is 2. The van der Waals surface area contributed by atoms with E-state index in [1.165, 1.54) is 0 Å². The molecule has 52 heavy (non-hydrogen) atoms. The van der Waals surface area contributed by atoms with Gasteiger partial charge in [0.15, 0.2) is 25.5 Å². The van der Waals surface area contributed by atoms with Crippen molar-refractivity contribution in [2.75, 3.05) is 14.1 Å². The Bertz CT molecular complexity index is 2040. The third-order valence-corrected chi connectivity index (χ3v) is 16.1. The zero-order chi connectivity index (χ0) is 37.2. The Kier molecular flexibility index (Phi) is 9.04. The summed E-state index contributed by atoms with van der Waals surface area (Å²) < 4.78 is 25.7. The average molecular weight is 722 g/mol. The number of aliphatic hydroxyl groups is 1. The lowest BCUT2D eigenvalue weighted by atomic mass is 9.56. The predicted octanol–water partition coefficient (Wildman–Crippen LogP) is 8.24. The van der Waals surface area contributed by atoms with Gasteiger partial charge in [0, 0.05) is 17.7 Å². The van der Waals surface area contributed by atoms with Crippen LogP contribution in [0.15, 0.2) is 88.9 Å². The number of ketones is 2. The Hall–Kier alpha value is -4.58. The van der Waals surface area contributed by atoms with E-state index in [1.807, 2.05) is 86.6 Å². The molecule has 3 aliphatic carbocycles. The van der Waals surface area contributed by atoms with Crippen molar-refractivity contribution in [3.63, 3.8) is 0 Å². The molecule has 2 aromatic carbocycles. The number of fused-ring (bicyclic) bond motifs is 4. The maximum atomic E-state index is 15.4. The summed E-state index contributed by atoms with van der Waals surface area (Å²) in [7, 11) is 0.978. The number of aliphatic hydroxyl groups excluding tert-OH is 1. The Morgan fingerprint density at radius 3 is 2.15 bits per heavy atom. The maximum Gasteiger partial charge on any atom is 0.265 e. The molecule has 0 saturated heterocycles. The second kappa shape index (κ2) is 13.1. The quantitative estimate of drug-likeness (QED) is 0.169. The van der Waals surface area contributed by atoms with Crippen LogP contribution in [0.5, 0.6) is 11.6 Å². The Balaban J connectivity index is 1.40. The number of rotatable bonds is 9. The minimum atomic E-state index is -2.85. The molecule has 10 nitrogen and oxygen atoms in total. The molecule has 1 N–H and O–H groups in total. The smallest absolute Gasteiger partial charge is 0.265 e. The molecule has 11 heteroatoms. The first-order valence-electron chi connectivity index (χ1n) is 17.9. The van der Waals surface area contributed by atoms with Crippen LogP contribution in [0.4, 0.5) is 0 Å². The van der Waals surface area contributed by atoms with Crippen molar-refractivity contribution in [1.82, 2.24) is 15.0 Å². The van der Waals surface area contributed by atoms with E-state index in [9.17, 15) is 9.90 Å². The highest BCUT2D eigenvalue weighted by Gasteiger charge is 2.67. The van der Waals surface area contributed by atoms with Gasteiger partial charge in [0.1, 0.15) is 30.3 Å². The van der Waals surface area contributed by atoms with Gasteiger partial charge in [-0.3, -0.25) is 19.5 Å². The Morgan fingerprint density at radius 1 is 0.942 bits per heavy atom. The van der Waals surface area contributed by atoms with E-state index in [4.69, 9.17) is 18.4 Å². The molecule has 272 valence electrons. The molecule has 0 spiro atoms. The van der Waals surface area contributed by atoms with E-state index in [-0.39, 0.29) is 52.7 Å². The molecule has 0 radical (unpaired) electrons. The summed E-state index contributed by atoms with van der Waals surface area (Å²) in [6.45, 7) is 12.8. The maximum absolute atomic E-state index is 15.4. The van der Waals surface area contributed by atoms with Crippen LogP contribution in [0, 0.1) is 11.8 Å². The van der Waals surface area contributed by atoms with Gasteiger partial charge in [-0.15, -0.1) is 0 Å². The molecule has 7 rings (SSSR count). The number of pyridine rings is 1. The van der Waals surface area contributed by atoms with E-state index in [1.54, 1.807) is 12.4 Å². The zero-order valence-corrected chi connectivity index (χ0v) is 32.1. The van der Waals surface area contributed by atoms with Crippen molar-refractivity contribution in [3.05, 3.63) is 118 Å². The van der Waals surface area contributed by atoms with Crippen LogP contribution in [-0.2, 0) is 17.6 Å². The number of ether oxygens (including phenoxy) is 2. The fourth-order valence-corrected chi connectivity index (χ4v) is 9.37. The number of aromatic nitrogens is 2. The molecule has 2 heterocycles. The minimum absolute atomic E-state index is 0.0311. The van der Waals surface area contributed by atoms with Crippen molar-refractivity contribution in [2.24, 2.45) is 11.8 Å². The lowest BCUT2D eigenvalue weighted by Gasteiger charge is -2.55. The molecule has 4 aromatic rings. The summed E-state index contributed by atoms with van der Waals surface area (Å²) >= 11 is 0. The first kappa shape index (κ1) is 35.8. The van der Waals surface area contributed by atoms with Gasteiger partial charge in [-0.05, 0) is 72.3 Å². The van der Waals surface area contributed by atoms with E-state index >= 15 is 4.79 Å². The van der Waals surface area contributed by atoms with Crippen molar-refractivity contribution in [2.45, 2.75) is 83.0 Å². The zero-order valence-electron chi connectivity index (χ0n) is 31.1. The van der Waals surface area contributed by atoms with Crippen LogP contribution in [0.25, 0.3) is 0 Å². The Morgan fingerprint density at radius 2 is 1.56 bits per heavy atom. The van der Waals surface area contributed by atoms with Gasteiger partial charge >= 0.3 is 0 Å². The number of carbonyl (C=O) groups is 2. The van der Waals surface area contributed by atoms with E-state index in [0.717, 1.165) is 16.7 Å². The molecule has 0 amide bonds. The standard InChI is InChI=1S/C41H47N3O7Si/c1-24-27-19-29-34(44(5)6)36-33(39(43-50-36)49-23-26-17-13-10-14-18-26)38(47)41(29,51-52(7,8)40(2,3)4)37(46)32(27)35(45)31-28(24)20-42-21-30(31)48-22-25-15-11-9-12-16-25/h9-18,20-21,24,27,29,34,46H,19,22-23H2,1-8H3/t24-,27-,29+,34+,41+/m1/s1. The number of carbonyl (C=O) groups excluding carboxylic acids is 2. The highest BCUT2D eigenvalue weighted by atomic mass is 28.4. The number of benzene rings is 2. The SMILES string of the molecule is C[C@H]1c2cncc(OCc3ccccc3)c2C(=O)C2=C(O)[C@]3(O[Si](C)(C)C(C)(C)C)C(=O)c4c(OCc5ccccc5)noc4[C@@H](N(C)C)[C@@H]3C[C@@H]21. The average Bonchev–Trinajstić information content (AvgIpc) is 3.53. The van der Waals surface area contributed by atoms with Gasteiger partial charge < -0.3 is 23.5 Å². The van der Waals surface area contributed by atoms with Gasteiger partial charge in [-0.25, -0.2) is 0 Å². The van der Waals surface area contributed by atoms with Crippen molar-refractivity contribution < 1.29 is 33.1 Å². The third-order valence-electron chi connectivity index (χ3n) is 11.6. The Labute approximate surface area is 305 Å². The fraction of sp³-hybridized carbons (Fsp3) is 0.415. The van der Waals surface area contributed by atoms with E-state index in [0.29, 0.717) is 23.5 Å². The van der Waals surface area contributed by atoms with Gasteiger partial charge in [0.2, 0.25) is 5.78 Å². The minimum Gasteiger partial charge on any atom is -0.508 e. The molecule has 0 saturated carbocycles. The molecule has 0 aliphatic heterocycles. The van der Waals surface area contributed by atoms with Gasteiger partial charge in [-0.1, -0.05) is 88.4 Å². The summed E-state index contributed by atoms with van der Waals surface area (Å²) in [6, 6.07) is 18.7. The van der Waals surface area contributed by atoms with Crippen LogP contribution in [0.3, 0.4) is 0 Å². The van der Waals surface area contributed by atoms with Crippen LogP contribution in [0.1, 0.15) is 89.2 Å². The summed E-state index contributed by atoms with van der Waals surface area (Å²) in [6.07, 6.45) is 3.63. The van der Waals surface area contributed by atoms with Gasteiger partial charge in [0.25, 0.3) is 5.88 Å². The fourth-order valence-electron chi connectivity index (χ4n) is 7.92. The number of hydrogen-bond donors (Lipinski definition) is 1. The largest absolute Gasteiger partial charge is 0.508 e. The summed E-state index contributed by atoms with van der Waals surface area (Å²) in [5.74, 6) is -1.80. The number of hydrogen-bond acceptors (Lipinski definition) is 10. The van der Waals surface area contributed by atoms with Crippen molar-refractivity contribution in [3.8, 4) is 11.6 Å². The van der Waals surface area contributed by atoms with Crippen LogP contribution >= 0.6 is 0 Å². The summed E-state index contributed by atoms with van der Waals surface area (Å²) in [5, 5.41) is 16.8. The second-order valence-corrected chi connectivity index (χ2v) is 20.8. The lowest BCUT2D eigenvalue weighted by Crippen LogP contribution is -2.65. The second-order valence-electron chi connectivity index (χ2n) is 16.0. The van der Waals surface area contributed by atoms with Crippen LogP contribution < -0.4 is 9.47 Å². The predicted molar refractivity (Wildman–Crippen MR) is 198 cm³/mol. The van der Waals surface area contributed by atoms with E-state index < -0.39 is 37.6 Å². The molecule has 0 fully saturated rings. The highest BCUT2D eigenvalue weighted by molar-refractivity contribution is 6.74. The lowest BCUT2D eigenvalue weighted by molar-refractivity contribution is -0.0494. The number of nitrogens with zero attached hydrogens (tertiary/aromatic N) is 3. The van der Waals surface area contributed by atoms with Crippen molar-refractivity contribution in [1.29, 1.82) is 0 Å². The molecule has 0 unspecified atom stereocenters. The molecular formula is C41H47N3O7Si. The van der Waals surface area contributed by atoms with Gasteiger partial charge in [-0.2, -0.15) is 0 Å². The topological polar surface area (TPSA) is 124 Å². The number of allylic oxidation sites excluding steroid dienone is 1. The van der Waals surface area contributed by atoms with Crippen molar-refractivity contribution >= 4 is 19.9 Å². The molecule has 5 atom stereocenters. The normalized spacial score (nSPS) is 24.2. The van der Waals surface area contributed by atoms with Crippen LogP contribution in [0.2, 0.25) is 18.1 Å². The third kappa shape index (κ3) is 5.70. The first-order chi connectivity index (χ1) is 24.7.